The number of hydrogen-bond donors (Lipinski definition) is 2. The molecule has 0 radical (unpaired) electrons. The van der Waals surface area contributed by atoms with Crippen LogP contribution in [0.5, 0.6) is 0 Å². The number of carbonyl (C=O) groups is 1. The third kappa shape index (κ3) is 4.69. The molecule has 0 fully saturated rings. The summed E-state index contributed by atoms with van der Waals surface area (Å²) in [6.45, 7) is 16.8. The van der Waals surface area contributed by atoms with Crippen molar-refractivity contribution in [3.63, 3.8) is 0 Å². The van der Waals surface area contributed by atoms with Crippen molar-refractivity contribution in [1.29, 1.82) is 0 Å². The third-order valence-corrected chi connectivity index (χ3v) is 5.31. The topological polar surface area (TPSA) is 41.1 Å². The van der Waals surface area contributed by atoms with Gasteiger partial charge in [0.05, 0.1) is 6.04 Å². The van der Waals surface area contributed by atoms with Gasteiger partial charge in [0.25, 0.3) is 0 Å². The Labute approximate surface area is 163 Å². The zero-order valence-corrected chi connectivity index (χ0v) is 18.0. The highest BCUT2D eigenvalue weighted by molar-refractivity contribution is 6.31. The van der Waals surface area contributed by atoms with Gasteiger partial charge in [-0.1, -0.05) is 65.3 Å². The molecule has 4 heteroatoms. The molecule has 1 aliphatic rings. The van der Waals surface area contributed by atoms with Crippen LogP contribution in [0.15, 0.2) is 29.3 Å². The van der Waals surface area contributed by atoms with Crippen molar-refractivity contribution in [3.8, 4) is 0 Å². The van der Waals surface area contributed by atoms with Crippen LogP contribution in [0.4, 0.5) is 0 Å². The molecule has 1 atom stereocenters. The maximum absolute atomic E-state index is 12.3. The van der Waals surface area contributed by atoms with Crippen LogP contribution >= 0.6 is 11.6 Å². The Bertz CT molecular complexity index is 713. The van der Waals surface area contributed by atoms with Gasteiger partial charge < -0.3 is 10.6 Å². The van der Waals surface area contributed by atoms with Gasteiger partial charge in [0.15, 0.2) is 0 Å². The van der Waals surface area contributed by atoms with Crippen molar-refractivity contribution in [2.45, 2.75) is 66.3 Å². The Morgan fingerprint density at radius 1 is 1.23 bits per heavy atom. The average molecular weight is 377 g/mol. The van der Waals surface area contributed by atoms with Gasteiger partial charge in [-0.3, -0.25) is 4.79 Å². The smallest absolute Gasteiger partial charge is 0.249 e. The zero-order valence-electron chi connectivity index (χ0n) is 17.2. The lowest BCUT2D eigenvalue weighted by Gasteiger charge is -2.33. The molecular weight excluding hydrogens is 344 g/mol. The first-order valence-electron chi connectivity index (χ1n) is 9.47. The van der Waals surface area contributed by atoms with E-state index in [-0.39, 0.29) is 22.8 Å². The Morgan fingerprint density at radius 3 is 2.35 bits per heavy atom. The molecule has 0 aromatic heterocycles. The Kier molecular flexibility index (Phi) is 6.24. The molecule has 1 aromatic carbocycles. The van der Waals surface area contributed by atoms with Gasteiger partial charge in [-0.15, -0.1) is 0 Å². The van der Waals surface area contributed by atoms with Crippen LogP contribution in [-0.2, 0) is 10.2 Å². The molecule has 2 N–H and O–H groups in total. The lowest BCUT2D eigenvalue weighted by Crippen LogP contribution is -2.29. The quantitative estimate of drug-likeness (QED) is 0.720. The molecule has 0 saturated carbocycles. The number of carbonyl (C=O) groups excluding carboxylic acids is 1. The first-order valence-corrected chi connectivity index (χ1v) is 9.85. The van der Waals surface area contributed by atoms with Crippen molar-refractivity contribution in [1.82, 2.24) is 10.6 Å². The van der Waals surface area contributed by atoms with E-state index in [0.717, 1.165) is 34.7 Å². The van der Waals surface area contributed by atoms with E-state index in [2.05, 4.69) is 63.5 Å². The first-order chi connectivity index (χ1) is 12.0. The van der Waals surface area contributed by atoms with E-state index in [1.54, 1.807) is 0 Å². The monoisotopic (exact) mass is 376 g/mol. The van der Waals surface area contributed by atoms with Gasteiger partial charge in [0.2, 0.25) is 5.91 Å². The van der Waals surface area contributed by atoms with E-state index < -0.39 is 0 Å². The minimum Gasteiger partial charge on any atom is -0.348 e. The predicted molar refractivity (Wildman–Crippen MR) is 111 cm³/mol. The Hall–Kier alpha value is -1.32. The number of likely N-dealkylation sites (N-methyl/N-ethyl adjacent to an activating group) is 1. The van der Waals surface area contributed by atoms with Gasteiger partial charge >= 0.3 is 0 Å². The second-order valence-corrected chi connectivity index (χ2v) is 9.63. The van der Waals surface area contributed by atoms with Gasteiger partial charge in [0.1, 0.15) is 0 Å². The van der Waals surface area contributed by atoms with Crippen molar-refractivity contribution in [3.05, 3.63) is 45.5 Å². The maximum Gasteiger partial charge on any atom is 0.249 e. The van der Waals surface area contributed by atoms with Gasteiger partial charge in [-0.2, -0.15) is 0 Å². The molecule has 3 nitrogen and oxygen atoms in total. The van der Waals surface area contributed by atoms with Crippen LogP contribution in [0.1, 0.15) is 72.1 Å². The fraction of sp³-hybridized carbons (Fsp3) is 0.591. The molecule has 26 heavy (non-hydrogen) atoms. The lowest BCUT2D eigenvalue weighted by molar-refractivity contribution is -0.117. The number of amides is 1. The van der Waals surface area contributed by atoms with Gasteiger partial charge in [0, 0.05) is 17.1 Å². The minimum absolute atomic E-state index is 0.00153. The summed E-state index contributed by atoms with van der Waals surface area (Å²) in [6.07, 6.45) is 1.07. The third-order valence-electron chi connectivity index (χ3n) is 4.98. The van der Waals surface area contributed by atoms with Crippen LogP contribution in [0.25, 0.3) is 0 Å². The van der Waals surface area contributed by atoms with Crippen molar-refractivity contribution < 1.29 is 4.79 Å². The zero-order chi connectivity index (χ0) is 19.7. The van der Waals surface area contributed by atoms with E-state index >= 15 is 0 Å². The molecular formula is C22H33ClN2O. The summed E-state index contributed by atoms with van der Waals surface area (Å²) >= 11 is 6.72. The predicted octanol–water partition coefficient (Wildman–Crippen LogP) is 5.15. The van der Waals surface area contributed by atoms with E-state index in [1.807, 2.05) is 13.8 Å². The summed E-state index contributed by atoms with van der Waals surface area (Å²) in [5, 5.41) is 7.07. The molecule has 0 saturated heterocycles. The number of rotatable bonds is 6. The maximum atomic E-state index is 12.3. The normalized spacial score (nSPS) is 16.8. The van der Waals surface area contributed by atoms with Crippen molar-refractivity contribution >= 4 is 17.5 Å². The highest BCUT2D eigenvalue weighted by atomic mass is 35.5. The SMILES string of the molecule is CCNC(C1=C(C)CNC1=O)c1ccc(C(C)(C)CC(C)(C)C)cc1Cl. The highest BCUT2D eigenvalue weighted by Crippen LogP contribution is 2.39. The summed E-state index contributed by atoms with van der Waals surface area (Å²) < 4.78 is 0. The van der Waals surface area contributed by atoms with Crippen LogP contribution in [-0.4, -0.2) is 19.0 Å². The first kappa shape index (κ1) is 21.0. The van der Waals surface area contributed by atoms with Gasteiger partial charge in [-0.05, 0) is 53.5 Å². The standard InChI is InChI=1S/C22H33ClN2O/c1-8-24-19(18-14(2)12-25-20(18)26)16-10-9-15(11-17(16)23)22(6,7)13-21(3,4)5/h9-11,19,24H,8,12-13H2,1-7H3,(H,25,26). The van der Waals surface area contributed by atoms with Crippen molar-refractivity contribution in [2.24, 2.45) is 5.41 Å². The molecule has 1 aromatic rings. The number of nitrogens with one attached hydrogen (secondary N) is 2. The molecule has 0 aliphatic carbocycles. The molecule has 0 bridgehead atoms. The Morgan fingerprint density at radius 2 is 1.88 bits per heavy atom. The molecule has 2 rings (SSSR count). The van der Waals surface area contributed by atoms with E-state index in [9.17, 15) is 4.79 Å². The fourth-order valence-corrected chi connectivity index (χ4v) is 4.45. The van der Waals surface area contributed by atoms with Crippen molar-refractivity contribution in [2.75, 3.05) is 13.1 Å². The highest BCUT2D eigenvalue weighted by Gasteiger charge is 2.31. The number of benzene rings is 1. The molecule has 144 valence electrons. The second kappa shape index (κ2) is 7.74. The largest absolute Gasteiger partial charge is 0.348 e. The van der Waals surface area contributed by atoms with Crippen LogP contribution < -0.4 is 10.6 Å². The Balaban J connectivity index is 2.41. The van der Waals surface area contributed by atoms with E-state index in [4.69, 9.17) is 11.6 Å². The molecule has 0 spiro atoms. The summed E-state index contributed by atoms with van der Waals surface area (Å²) in [5.41, 5.74) is 4.36. The fourth-order valence-electron chi connectivity index (χ4n) is 4.16. The molecule has 1 unspecified atom stereocenters. The lowest BCUT2D eigenvalue weighted by atomic mass is 9.72. The van der Waals surface area contributed by atoms with Crippen LogP contribution in [0, 0.1) is 5.41 Å². The molecule has 1 heterocycles. The van der Waals surface area contributed by atoms with E-state index in [0.29, 0.717) is 6.54 Å². The number of halogens is 1. The second-order valence-electron chi connectivity index (χ2n) is 9.22. The van der Waals surface area contributed by atoms with Crippen LogP contribution in [0.2, 0.25) is 5.02 Å². The summed E-state index contributed by atoms with van der Waals surface area (Å²) in [6, 6.07) is 6.16. The summed E-state index contributed by atoms with van der Waals surface area (Å²) in [5.74, 6) is 0.00153. The summed E-state index contributed by atoms with van der Waals surface area (Å²) in [4.78, 5) is 12.3. The molecule has 1 aliphatic heterocycles. The average Bonchev–Trinajstić information content (AvgIpc) is 2.82. The molecule has 1 amide bonds. The van der Waals surface area contributed by atoms with Gasteiger partial charge in [-0.25, -0.2) is 0 Å². The summed E-state index contributed by atoms with van der Waals surface area (Å²) in [7, 11) is 0. The van der Waals surface area contributed by atoms with Crippen LogP contribution in [0.3, 0.4) is 0 Å². The number of hydrogen-bond acceptors (Lipinski definition) is 2. The minimum atomic E-state index is -0.172. The van der Waals surface area contributed by atoms with E-state index in [1.165, 1.54) is 5.56 Å².